The molecule has 7 heteroatoms. The molecule has 1 heterocycles. The third kappa shape index (κ3) is 3.39. The fraction of sp³-hybridized carbons (Fsp3) is 0.231. The summed E-state index contributed by atoms with van der Waals surface area (Å²) in [6.45, 7) is 1.66. The zero-order chi connectivity index (χ0) is 14.5. The van der Waals surface area contributed by atoms with E-state index in [0.29, 0.717) is 10.6 Å². The first-order valence-electron chi connectivity index (χ1n) is 5.94. The maximum absolute atomic E-state index is 12.0. The van der Waals surface area contributed by atoms with E-state index in [9.17, 15) is 14.7 Å². The van der Waals surface area contributed by atoms with Crippen LogP contribution >= 0.6 is 11.5 Å². The van der Waals surface area contributed by atoms with Gasteiger partial charge in [0, 0.05) is 6.42 Å². The van der Waals surface area contributed by atoms with Crippen LogP contribution in [0.1, 0.15) is 20.9 Å². The molecule has 0 radical (unpaired) electrons. The Morgan fingerprint density at radius 2 is 2.05 bits per heavy atom. The molecule has 6 nitrogen and oxygen atoms in total. The van der Waals surface area contributed by atoms with E-state index in [1.807, 2.05) is 30.3 Å². The monoisotopic (exact) mass is 291 g/mol. The number of rotatable bonds is 5. The fourth-order valence-corrected chi connectivity index (χ4v) is 2.27. The molecule has 0 aliphatic carbocycles. The minimum absolute atomic E-state index is 0.229. The van der Waals surface area contributed by atoms with Gasteiger partial charge in [-0.15, -0.1) is 5.10 Å². The van der Waals surface area contributed by atoms with Crippen LogP contribution in [0.25, 0.3) is 0 Å². The molecule has 0 aliphatic heterocycles. The Kier molecular flexibility index (Phi) is 4.41. The van der Waals surface area contributed by atoms with Gasteiger partial charge >= 0.3 is 5.97 Å². The van der Waals surface area contributed by atoms with Crippen LogP contribution in [-0.4, -0.2) is 32.6 Å². The Morgan fingerprint density at radius 3 is 2.60 bits per heavy atom. The van der Waals surface area contributed by atoms with Gasteiger partial charge in [0.1, 0.15) is 10.9 Å². The smallest absolute Gasteiger partial charge is 0.326 e. The van der Waals surface area contributed by atoms with Crippen molar-refractivity contribution in [1.29, 1.82) is 0 Å². The Bertz CT molecular complexity index is 612. The topological polar surface area (TPSA) is 92.2 Å². The normalized spacial score (nSPS) is 11.8. The summed E-state index contributed by atoms with van der Waals surface area (Å²) in [5, 5.41) is 15.4. The van der Waals surface area contributed by atoms with Crippen molar-refractivity contribution in [2.75, 3.05) is 0 Å². The molecule has 0 unspecified atom stereocenters. The molecular weight excluding hydrogens is 278 g/mol. The second kappa shape index (κ2) is 6.25. The van der Waals surface area contributed by atoms with Crippen molar-refractivity contribution in [1.82, 2.24) is 14.9 Å². The molecule has 0 saturated heterocycles. The summed E-state index contributed by atoms with van der Waals surface area (Å²) in [7, 11) is 0. The summed E-state index contributed by atoms with van der Waals surface area (Å²) >= 11 is 0.952. The maximum Gasteiger partial charge on any atom is 0.326 e. The average molecular weight is 291 g/mol. The largest absolute Gasteiger partial charge is 0.480 e. The average Bonchev–Trinajstić information content (AvgIpc) is 2.85. The van der Waals surface area contributed by atoms with Gasteiger partial charge in [0.05, 0.1) is 5.69 Å². The first kappa shape index (κ1) is 14.1. The Hall–Kier alpha value is -2.28. The number of nitrogens with zero attached hydrogens (tertiary/aromatic N) is 2. The van der Waals surface area contributed by atoms with Crippen molar-refractivity contribution in [3.05, 3.63) is 46.5 Å². The molecule has 2 rings (SSSR count). The van der Waals surface area contributed by atoms with E-state index in [1.165, 1.54) is 0 Å². The van der Waals surface area contributed by atoms with Gasteiger partial charge in [0.15, 0.2) is 0 Å². The summed E-state index contributed by atoms with van der Waals surface area (Å²) in [5.74, 6) is -1.53. The molecule has 1 amide bonds. The highest BCUT2D eigenvalue weighted by molar-refractivity contribution is 7.08. The summed E-state index contributed by atoms with van der Waals surface area (Å²) < 4.78 is 3.66. The van der Waals surface area contributed by atoms with Crippen LogP contribution in [-0.2, 0) is 11.2 Å². The van der Waals surface area contributed by atoms with Gasteiger partial charge < -0.3 is 10.4 Å². The molecule has 0 spiro atoms. The van der Waals surface area contributed by atoms with E-state index >= 15 is 0 Å². The van der Waals surface area contributed by atoms with Gasteiger partial charge in [0.2, 0.25) is 0 Å². The Balaban J connectivity index is 2.09. The van der Waals surface area contributed by atoms with Crippen LogP contribution in [0.4, 0.5) is 0 Å². The predicted octanol–water partition coefficient (Wildman–Crippen LogP) is 1.27. The number of carbonyl (C=O) groups excluding carboxylic acids is 1. The van der Waals surface area contributed by atoms with E-state index in [-0.39, 0.29) is 6.42 Å². The second-order valence-electron chi connectivity index (χ2n) is 4.24. The van der Waals surface area contributed by atoms with Crippen molar-refractivity contribution < 1.29 is 14.7 Å². The molecule has 2 N–H and O–H groups in total. The van der Waals surface area contributed by atoms with E-state index in [0.717, 1.165) is 17.1 Å². The molecule has 1 atom stereocenters. The number of amides is 1. The Labute approximate surface area is 119 Å². The lowest BCUT2D eigenvalue weighted by Crippen LogP contribution is -2.42. The predicted molar refractivity (Wildman–Crippen MR) is 73.7 cm³/mol. The first-order chi connectivity index (χ1) is 9.58. The number of carboxylic acids is 1. The third-order valence-electron chi connectivity index (χ3n) is 2.74. The minimum atomic E-state index is -1.07. The van der Waals surface area contributed by atoms with Crippen molar-refractivity contribution in [2.24, 2.45) is 0 Å². The quantitative estimate of drug-likeness (QED) is 0.865. The lowest BCUT2D eigenvalue weighted by molar-refractivity contribution is -0.139. The SMILES string of the molecule is Cc1nnsc1C(=O)N[C@@H](Cc1ccccc1)C(=O)O. The number of nitrogens with one attached hydrogen (secondary N) is 1. The molecule has 0 aliphatic rings. The lowest BCUT2D eigenvalue weighted by Gasteiger charge is -2.14. The zero-order valence-electron chi connectivity index (χ0n) is 10.7. The van der Waals surface area contributed by atoms with Gasteiger partial charge in [-0.2, -0.15) is 0 Å². The molecule has 0 saturated carbocycles. The van der Waals surface area contributed by atoms with E-state index in [1.54, 1.807) is 6.92 Å². The molecule has 1 aromatic heterocycles. The molecule has 0 fully saturated rings. The summed E-state index contributed by atoms with van der Waals surface area (Å²) in [6.07, 6.45) is 0.229. The van der Waals surface area contributed by atoms with Crippen molar-refractivity contribution >= 4 is 23.4 Å². The van der Waals surface area contributed by atoms with Gasteiger partial charge in [-0.3, -0.25) is 4.79 Å². The first-order valence-corrected chi connectivity index (χ1v) is 6.72. The highest BCUT2D eigenvalue weighted by Crippen LogP contribution is 2.10. The number of aliphatic carboxylic acids is 1. The van der Waals surface area contributed by atoms with E-state index in [4.69, 9.17) is 0 Å². The van der Waals surface area contributed by atoms with E-state index in [2.05, 4.69) is 14.9 Å². The van der Waals surface area contributed by atoms with Crippen molar-refractivity contribution in [3.63, 3.8) is 0 Å². The standard InChI is InChI=1S/C13H13N3O3S/c1-8-11(20-16-15-8)12(17)14-10(13(18)19)7-9-5-3-2-4-6-9/h2-6,10H,7H2,1H3,(H,14,17)(H,18,19)/t10-/m0/s1. The Morgan fingerprint density at radius 1 is 1.35 bits per heavy atom. The van der Waals surface area contributed by atoms with Crippen molar-refractivity contribution in [3.8, 4) is 0 Å². The number of hydrogen-bond acceptors (Lipinski definition) is 5. The number of carbonyl (C=O) groups is 2. The molecule has 1 aromatic carbocycles. The van der Waals surface area contributed by atoms with Gasteiger partial charge in [-0.25, -0.2) is 4.79 Å². The van der Waals surface area contributed by atoms with Crippen LogP contribution in [0.5, 0.6) is 0 Å². The van der Waals surface area contributed by atoms with Gasteiger partial charge in [0.25, 0.3) is 5.91 Å². The van der Waals surface area contributed by atoms with Crippen molar-refractivity contribution in [2.45, 2.75) is 19.4 Å². The van der Waals surface area contributed by atoms with Crippen LogP contribution in [0.3, 0.4) is 0 Å². The van der Waals surface area contributed by atoms with E-state index < -0.39 is 17.9 Å². The number of hydrogen-bond donors (Lipinski definition) is 2. The minimum Gasteiger partial charge on any atom is -0.480 e. The highest BCUT2D eigenvalue weighted by Gasteiger charge is 2.23. The number of carboxylic acid groups (broad SMARTS) is 1. The second-order valence-corrected chi connectivity index (χ2v) is 5.00. The lowest BCUT2D eigenvalue weighted by atomic mass is 10.1. The van der Waals surface area contributed by atoms with Crippen LogP contribution in [0, 0.1) is 6.92 Å². The number of aromatic nitrogens is 2. The molecule has 104 valence electrons. The van der Waals surface area contributed by atoms with Gasteiger partial charge in [-0.05, 0) is 24.0 Å². The van der Waals surface area contributed by atoms with Crippen LogP contribution < -0.4 is 5.32 Å². The van der Waals surface area contributed by atoms with Crippen LogP contribution in [0.15, 0.2) is 30.3 Å². The molecule has 2 aromatic rings. The zero-order valence-corrected chi connectivity index (χ0v) is 11.6. The van der Waals surface area contributed by atoms with Crippen LogP contribution in [0.2, 0.25) is 0 Å². The summed E-state index contributed by atoms with van der Waals surface area (Å²) in [5.41, 5.74) is 1.34. The summed E-state index contributed by atoms with van der Waals surface area (Å²) in [6, 6.07) is 8.17. The number of aryl methyl sites for hydroxylation is 1. The fourth-order valence-electron chi connectivity index (χ4n) is 1.71. The third-order valence-corrected chi connectivity index (χ3v) is 3.57. The highest BCUT2D eigenvalue weighted by atomic mass is 32.1. The van der Waals surface area contributed by atoms with Gasteiger partial charge in [-0.1, -0.05) is 34.8 Å². The number of benzene rings is 1. The summed E-state index contributed by atoms with van der Waals surface area (Å²) in [4.78, 5) is 23.6. The molecule has 0 bridgehead atoms. The maximum atomic E-state index is 12.0. The molecular formula is C13H13N3O3S. The molecule has 20 heavy (non-hydrogen) atoms.